The molecule has 22 heavy (non-hydrogen) atoms. The fraction of sp³-hybridized carbons (Fsp3) is 0.188. The Bertz CT molecular complexity index is 717. The number of hydrogen-bond acceptors (Lipinski definition) is 2. The Morgan fingerprint density at radius 1 is 0.955 bits per heavy atom. The van der Waals surface area contributed by atoms with Crippen LogP contribution in [0.2, 0.25) is 15.1 Å². The topological polar surface area (TPSA) is 41.1 Å². The van der Waals surface area contributed by atoms with Crippen molar-refractivity contribution in [1.82, 2.24) is 0 Å². The summed E-state index contributed by atoms with van der Waals surface area (Å²) in [6.07, 6.45) is 0. The number of benzene rings is 2. The fourth-order valence-corrected chi connectivity index (χ4v) is 2.59. The van der Waals surface area contributed by atoms with Gasteiger partial charge in [0.1, 0.15) is 0 Å². The van der Waals surface area contributed by atoms with E-state index >= 15 is 0 Å². The van der Waals surface area contributed by atoms with E-state index < -0.39 is 0 Å². The first kappa shape index (κ1) is 16.9. The molecule has 0 aliphatic heterocycles. The molecule has 0 aliphatic rings. The third-order valence-corrected chi connectivity index (χ3v) is 4.14. The SMILES string of the molecule is Cc1ccc(NCC(=O)Nc2cc(Cl)c(Cl)cc2Cl)c(C)c1. The summed E-state index contributed by atoms with van der Waals surface area (Å²) >= 11 is 17.8. The molecule has 1 amide bonds. The molecule has 0 atom stereocenters. The van der Waals surface area contributed by atoms with Gasteiger partial charge in [-0.05, 0) is 37.6 Å². The molecule has 0 unspecified atom stereocenters. The Hall–Kier alpha value is -1.42. The third-order valence-electron chi connectivity index (χ3n) is 3.11. The van der Waals surface area contributed by atoms with Crippen molar-refractivity contribution < 1.29 is 4.79 Å². The molecule has 116 valence electrons. The van der Waals surface area contributed by atoms with Crippen LogP contribution < -0.4 is 10.6 Å². The van der Waals surface area contributed by atoms with E-state index in [0.29, 0.717) is 20.8 Å². The number of halogens is 3. The molecular formula is C16H15Cl3N2O. The van der Waals surface area contributed by atoms with Crippen LogP contribution in [0, 0.1) is 13.8 Å². The van der Waals surface area contributed by atoms with Crippen molar-refractivity contribution in [3.8, 4) is 0 Å². The number of rotatable bonds is 4. The minimum Gasteiger partial charge on any atom is -0.376 e. The highest BCUT2D eigenvalue weighted by Crippen LogP contribution is 2.32. The second-order valence-corrected chi connectivity index (χ2v) is 6.19. The van der Waals surface area contributed by atoms with Gasteiger partial charge in [0.2, 0.25) is 5.91 Å². The lowest BCUT2D eigenvalue weighted by molar-refractivity contribution is -0.114. The molecule has 0 aliphatic carbocycles. The minimum absolute atomic E-state index is 0.125. The maximum atomic E-state index is 12.0. The first-order chi connectivity index (χ1) is 10.4. The smallest absolute Gasteiger partial charge is 0.243 e. The zero-order valence-corrected chi connectivity index (χ0v) is 14.4. The Kier molecular flexibility index (Phi) is 5.57. The van der Waals surface area contributed by atoms with E-state index in [2.05, 4.69) is 16.7 Å². The van der Waals surface area contributed by atoms with Gasteiger partial charge in [0.05, 0.1) is 27.3 Å². The summed E-state index contributed by atoms with van der Waals surface area (Å²) in [5.74, 6) is -0.222. The van der Waals surface area contributed by atoms with Crippen molar-refractivity contribution in [2.24, 2.45) is 0 Å². The average Bonchev–Trinajstić information content (AvgIpc) is 2.44. The molecule has 2 N–H and O–H groups in total. The normalized spacial score (nSPS) is 10.4. The Balaban J connectivity index is 2.00. The standard InChI is InChI=1S/C16H15Cl3N2O/c1-9-3-4-14(10(2)5-9)20-8-16(22)21-15-7-12(18)11(17)6-13(15)19/h3-7,20H,8H2,1-2H3,(H,21,22). The van der Waals surface area contributed by atoms with Gasteiger partial charge < -0.3 is 10.6 Å². The quantitative estimate of drug-likeness (QED) is 0.728. The third kappa shape index (κ3) is 4.29. The first-order valence-corrected chi connectivity index (χ1v) is 7.75. The molecule has 0 spiro atoms. The van der Waals surface area contributed by atoms with Gasteiger partial charge >= 0.3 is 0 Å². The molecular weight excluding hydrogens is 343 g/mol. The zero-order chi connectivity index (χ0) is 16.3. The highest BCUT2D eigenvalue weighted by Gasteiger charge is 2.09. The maximum Gasteiger partial charge on any atom is 0.243 e. The number of nitrogens with one attached hydrogen (secondary N) is 2. The summed E-state index contributed by atoms with van der Waals surface area (Å²) in [5.41, 5.74) is 3.61. The van der Waals surface area contributed by atoms with Crippen LogP contribution >= 0.6 is 34.8 Å². The second kappa shape index (κ2) is 7.23. The van der Waals surface area contributed by atoms with Crippen LogP contribution in [0.1, 0.15) is 11.1 Å². The number of carbonyl (C=O) groups excluding carboxylic acids is 1. The van der Waals surface area contributed by atoms with Crippen LogP contribution in [-0.4, -0.2) is 12.5 Å². The predicted octanol–water partition coefficient (Wildman–Crippen LogP) is 5.31. The summed E-state index contributed by atoms with van der Waals surface area (Å²) in [6, 6.07) is 9.02. The van der Waals surface area contributed by atoms with Gasteiger partial charge in [-0.2, -0.15) is 0 Å². The molecule has 0 radical (unpaired) electrons. The Morgan fingerprint density at radius 3 is 2.32 bits per heavy atom. The molecule has 0 saturated heterocycles. The molecule has 3 nitrogen and oxygen atoms in total. The van der Waals surface area contributed by atoms with Crippen molar-refractivity contribution in [3.63, 3.8) is 0 Å². The van der Waals surface area contributed by atoms with Crippen LogP contribution in [0.15, 0.2) is 30.3 Å². The minimum atomic E-state index is -0.222. The predicted molar refractivity (Wildman–Crippen MR) is 94.5 cm³/mol. The van der Waals surface area contributed by atoms with Gasteiger partial charge in [-0.1, -0.05) is 52.5 Å². The zero-order valence-electron chi connectivity index (χ0n) is 12.1. The second-order valence-electron chi connectivity index (χ2n) is 4.97. The summed E-state index contributed by atoms with van der Waals surface area (Å²) in [6.45, 7) is 4.14. The van der Waals surface area contributed by atoms with Gasteiger partial charge in [-0.15, -0.1) is 0 Å². The molecule has 0 bridgehead atoms. The van der Waals surface area contributed by atoms with E-state index in [0.717, 1.165) is 11.3 Å². The highest BCUT2D eigenvalue weighted by molar-refractivity contribution is 6.44. The Morgan fingerprint density at radius 2 is 1.64 bits per heavy atom. The summed E-state index contributed by atoms with van der Waals surface area (Å²) in [5, 5.41) is 6.82. The van der Waals surface area contributed by atoms with Crippen molar-refractivity contribution in [2.45, 2.75) is 13.8 Å². The van der Waals surface area contributed by atoms with E-state index in [4.69, 9.17) is 34.8 Å². The first-order valence-electron chi connectivity index (χ1n) is 6.62. The summed E-state index contributed by atoms with van der Waals surface area (Å²) < 4.78 is 0. The number of anilines is 2. The number of hydrogen-bond donors (Lipinski definition) is 2. The van der Waals surface area contributed by atoms with Gasteiger partial charge in [0, 0.05) is 5.69 Å². The van der Waals surface area contributed by atoms with Crippen molar-refractivity contribution >= 4 is 52.1 Å². The van der Waals surface area contributed by atoms with Crippen LogP contribution in [-0.2, 0) is 4.79 Å². The largest absolute Gasteiger partial charge is 0.376 e. The monoisotopic (exact) mass is 356 g/mol. The van der Waals surface area contributed by atoms with Crippen LogP contribution in [0.5, 0.6) is 0 Å². The highest BCUT2D eigenvalue weighted by atomic mass is 35.5. The molecule has 2 aromatic rings. The van der Waals surface area contributed by atoms with Crippen LogP contribution in [0.3, 0.4) is 0 Å². The lowest BCUT2D eigenvalue weighted by Crippen LogP contribution is -2.22. The molecule has 0 heterocycles. The van der Waals surface area contributed by atoms with E-state index in [1.807, 2.05) is 26.0 Å². The molecule has 0 aromatic heterocycles. The van der Waals surface area contributed by atoms with Crippen LogP contribution in [0.25, 0.3) is 0 Å². The van der Waals surface area contributed by atoms with Gasteiger partial charge in [0.15, 0.2) is 0 Å². The summed E-state index contributed by atoms with van der Waals surface area (Å²) in [7, 11) is 0. The van der Waals surface area contributed by atoms with E-state index in [-0.39, 0.29) is 12.5 Å². The van der Waals surface area contributed by atoms with Crippen LogP contribution in [0.4, 0.5) is 11.4 Å². The molecule has 2 rings (SSSR count). The molecule has 0 saturated carbocycles. The number of carbonyl (C=O) groups is 1. The Labute approximate surface area is 144 Å². The van der Waals surface area contributed by atoms with E-state index in [9.17, 15) is 4.79 Å². The van der Waals surface area contributed by atoms with Crippen molar-refractivity contribution in [1.29, 1.82) is 0 Å². The molecule has 6 heteroatoms. The summed E-state index contributed by atoms with van der Waals surface area (Å²) in [4.78, 5) is 12.0. The van der Waals surface area contributed by atoms with Gasteiger partial charge in [0.25, 0.3) is 0 Å². The van der Waals surface area contributed by atoms with Crippen molar-refractivity contribution in [2.75, 3.05) is 17.2 Å². The maximum absolute atomic E-state index is 12.0. The average molecular weight is 358 g/mol. The number of aryl methyl sites for hydroxylation is 2. The molecule has 0 fully saturated rings. The van der Waals surface area contributed by atoms with E-state index in [1.165, 1.54) is 17.7 Å². The fourth-order valence-electron chi connectivity index (χ4n) is 2.00. The lowest BCUT2D eigenvalue weighted by Gasteiger charge is -2.12. The van der Waals surface area contributed by atoms with Gasteiger partial charge in [-0.25, -0.2) is 0 Å². The molecule has 2 aromatic carbocycles. The van der Waals surface area contributed by atoms with E-state index in [1.54, 1.807) is 0 Å². The van der Waals surface area contributed by atoms with Gasteiger partial charge in [-0.3, -0.25) is 4.79 Å². The van der Waals surface area contributed by atoms with Crippen molar-refractivity contribution in [3.05, 3.63) is 56.5 Å². The number of amides is 1. The lowest BCUT2D eigenvalue weighted by atomic mass is 10.1.